The van der Waals surface area contributed by atoms with Gasteiger partial charge in [-0.25, -0.2) is 9.38 Å². The van der Waals surface area contributed by atoms with Crippen molar-refractivity contribution in [3.8, 4) is 0 Å². The monoisotopic (exact) mass is 547 g/mol. The molecule has 0 saturated carbocycles. The number of halogens is 4. The van der Waals surface area contributed by atoms with Crippen molar-refractivity contribution in [1.82, 2.24) is 0 Å². The van der Waals surface area contributed by atoms with Crippen molar-refractivity contribution in [3.05, 3.63) is 98.4 Å². The minimum absolute atomic E-state index is 0.0382. The van der Waals surface area contributed by atoms with E-state index in [9.17, 15) is 14.0 Å². The van der Waals surface area contributed by atoms with Crippen LogP contribution in [0.15, 0.2) is 71.4 Å². The van der Waals surface area contributed by atoms with Gasteiger partial charge in [0.1, 0.15) is 11.5 Å². The number of hydrogen-bond donors (Lipinski definition) is 1. The number of thioether (sulfide) groups is 1. The lowest BCUT2D eigenvalue weighted by Gasteiger charge is -2.18. The molecule has 178 valence electrons. The van der Waals surface area contributed by atoms with E-state index in [1.165, 1.54) is 23.1 Å². The van der Waals surface area contributed by atoms with Crippen LogP contribution in [0.1, 0.15) is 11.1 Å². The predicted molar refractivity (Wildman–Crippen MR) is 143 cm³/mol. The van der Waals surface area contributed by atoms with Gasteiger partial charge in [-0.1, -0.05) is 70.3 Å². The molecule has 0 bridgehead atoms. The van der Waals surface area contributed by atoms with E-state index < -0.39 is 5.82 Å². The number of nitrogens with zero attached hydrogens (tertiary/aromatic N) is 2. The zero-order valence-electron chi connectivity index (χ0n) is 18.2. The summed E-state index contributed by atoms with van der Waals surface area (Å²) in [7, 11) is 0. The number of amidine groups is 1. The van der Waals surface area contributed by atoms with Crippen molar-refractivity contribution in [3.63, 3.8) is 0 Å². The molecule has 0 atom stereocenters. The highest BCUT2D eigenvalue weighted by molar-refractivity contribution is 8.14. The lowest BCUT2D eigenvalue weighted by atomic mass is 10.2. The van der Waals surface area contributed by atoms with Gasteiger partial charge in [0.25, 0.3) is 5.91 Å². The Bertz CT molecular complexity index is 1380. The predicted octanol–water partition coefficient (Wildman–Crippen LogP) is 7.21. The third-order valence-electron chi connectivity index (χ3n) is 4.90. The molecule has 3 aromatic rings. The summed E-state index contributed by atoms with van der Waals surface area (Å²) in [6.45, 7) is 1.95. The van der Waals surface area contributed by atoms with Gasteiger partial charge in [0.2, 0.25) is 5.91 Å². The first kappa shape index (κ1) is 25.3. The Morgan fingerprint density at radius 1 is 1.03 bits per heavy atom. The van der Waals surface area contributed by atoms with Crippen molar-refractivity contribution in [1.29, 1.82) is 0 Å². The summed E-state index contributed by atoms with van der Waals surface area (Å²) in [5.41, 5.74) is 2.87. The van der Waals surface area contributed by atoms with Crippen LogP contribution in [0.25, 0.3) is 6.08 Å². The molecule has 1 aliphatic heterocycles. The van der Waals surface area contributed by atoms with E-state index in [0.717, 1.165) is 17.3 Å². The molecule has 0 spiro atoms. The standard InChI is InChI=1S/C25H17Cl3FN3O2S/c1-14-2-6-17(7-3-14)32-24(34)22(11-15-4-8-18(26)19(27)10-15)31-25(32)35-13-23(33)30-16-5-9-21(29)20(28)12-16/h2-12H,13H2,1H3,(H,30,33)/b22-11+. The smallest absolute Gasteiger partial charge is 0.283 e. The van der Waals surface area contributed by atoms with Crippen LogP contribution in [-0.4, -0.2) is 22.7 Å². The molecule has 1 N–H and O–H groups in total. The van der Waals surface area contributed by atoms with E-state index in [1.54, 1.807) is 24.3 Å². The molecule has 35 heavy (non-hydrogen) atoms. The minimum atomic E-state index is -0.576. The number of aliphatic imine (C=N–C) groups is 1. The lowest BCUT2D eigenvalue weighted by Crippen LogP contribution is -2.31. The molecular weight excluding hydrogens is 532 g/mol. The highest BCUT2D eigenvalue weighted by Gasteiger charge is 2.32. The van der Waals surface area contributed by atoms with E-state index >= 15 is 0 Å². The first-order valence-corrected chi connectivity index (χ1v) is 12.4. The van der Waals surface area contributed by atoms with Gasteiger partial charge in [-0.2, -0.15) is 0 Å². The molecule has 3 aromatic carbocycles. The molecule has 1 aliphatic rings. The number of aryl methyl sites for hydroxylation is 1. The molecule has 1 heterocycles. The van der Waals surface area contributed by atoms with Crippen molar-refractivity contribution >= 4 is 81.0 Å². The molecular formula is C25H17Cl3FN3O2S. The third-order valence-corrected chi connectivity index (χ3v) is 6.87. The normalized spacial score (nSPS) is 14.4. The lowest BCUT2D eigenvalue weighted by molar-refractivity contribution is -0.114. The fourth-order valence-corrected chi connectivity index (χ4v) is 4.48. The Balaban J connectivity index is 1.57. The number of benzene rings is 3. The average Bonchev–Trinajstić information content (AvgIpc) is 3.13. The second-order valence-electron chi connectivity index (χ2n) is 7.54. The van der Waals surface area contributed by atoms with Crippen LogP contribution >= 0.6 is 46.6 Å². The zero-order chi connectivity index (χ0) is 25.1. The Morgan fingerprint density at radius 3 is 2.46 bits per heavy atom. The molecule has 0 unspecified atom stereocenters. The first-order valence-electron chi connectivity index (χ1n) is 10.3. The second-order valence-corrected chi connectivity index (χ2v) is 9.70. The molecule has 0 radical (unpaired) electrons. The van der Waals surface area contributed by atoms with E-state index in [4.69, 9.17) is 34.8 Å². The fraction of sp³-hybridized carbons (Fsp3) is 0.0800. The van der Waals surface area contributed by atoms with Gasteiger partial charge in [0, 0.05) is 5.69 Å². The highest BCUT2D eigenvalue weighted by Crippen LogP contribution is 2.31. The van der Waals surface area contributed by atoms with Gasteiger partial charge in [0.05, 0.1) is 26.5 Å². The summed E-state index contributed by atoms with van der Waals surface area (Å²) in [4.78, 5) is 31.7. The number of anilines is 2. The van der Waals surface area contributed by atoms with E-state index in [0.29, 0.717) is 32.2 Å². The molecule has 2 amide bonds. The summed E-state index contributed by atoms with van der Waals surface area (Å²) < 4.78 is 13.4. The molecule has 0 aromatic heterocycles. The van der Waals surface area contributed by atoms with Crippen LogP contribution in [0.4, 0.5) is 15.8 Å². The van der Waals surface area contributed by atoms with E-state index in [2.05, 4.69) is 10.3 Å². The molecule has 10 heteroatoms. The molecule has 0 saturated heterocycles. The summed E-state index contributed by atoms with van der Waals surface area (Å²) in [6.07, 6.45) is 1.61. The number of rotatable bonds is 5. The third kappa shape index (κ3) is 6.05. The maximum atomic E-state index is 13.4. The van der Waals surface area contributed by atoms with Crippen LogP contribution < -0.4 is 10.2 Å². The maximum Gasteiger partial charge on any atom is 0.283 e. The van der Waals surface area contributed by atoms with Crippen LogP contribution in [0.5, 0.6) is 0 Å². The highest BCUT2D eigenvalue weighted by atomic mass is 35.5. The maximum absolute atomic E-state index is 13.4. The van der Waals surface area contributed by atoms with Gasteiger partial charge in [-0.05, 0) is 61.0 Å². The summed E-state index contributed by atoms with van der Waals surface area (Å²) in [5, 5.41) is 3.67. The number of amides is 2. The SMILES string of the molecule is Cc1ccc(N2C(=O)/C(=C\c3ccc(Cl)c(Cl)c3)N=C2SCC(=O)Nc2ccc(F)c(Cl)c2)cc1. The van der Waals surface area contributed by atoms with Gasteiger partial charge in [-0.3, -0.25) is 14.5 Å². The second kappa shape index (κ2) is 10.8. The van der Waals surface area contributed by atoms with Gasteiger partial charge >= 0.3 is 0 Å². The quantitative estimate of drug-likeness (QED) is 0.343. The van der Waals surface area contributed by atoms with E-state index in [-0.39, 0.29) is 28.3 Å². The van der Waals surface area contributed by atoms with Crippen LogP contribution in [0, 0.1) is 12.7 Å². The van der Waals surface area contributed by atoms with Crippen molar-refractivity contribution in [2.24, 2.45) is 4.99 Å². The summed E-state index contributed by atoms with van der Waals surface area (Å²) in [5.74, 6) is -1.32. The molecule has 0 fully saturated rings. The molecule has 5 nitrogen and oxygen atoms in total. The number of carbonyl (C=O) groups is 2. The van der Waals surface area contributed by atoms with Crippen LogP contribution in [0.2, 0.25) is 15.1 Å². The number of nitrogens with one attached hydrogen (secondary N) is 1. The Morgan fingerprint density at radius 2 is 1.77 bits per heavy atom. The van der Waals surface area contributed by atoms with Crippen molar-refractivity contribution in [2.45, 2.75) is 6.92 Å². The summed E-state index contributed by atoms with van der Waals surface area (Å²) in [6, 6.07) is 16.3. The zero-order valence-corrected chi connectivity index (χ0v) is 21.3. The molecule has 4 rings (SSSR count). The topological polar surface area (TPSA) is 61.8 Å². The Kier molecular flexibility index (Phi) is 7.82. The average molecular weight is 549 g/mol. The first-order chi connectivity index (χ1) is 16.7. The minimum Gasteiger partial charge on any atom is -0.325 e. The van der Waals surface area contributed by atoms with Crippen molar-refractivity contribution < 1.29 is 14.0 Å². The number of carbonyl (C=O) groups excluding carboxylic acids is 2. The largest absolute Gasteiger partial charge is 0.325 e. The van der Waals surface area contributed by atoms with E-state index in [1.807, 2.05) is 31.2 Å². The summed E-state index contributed by atoms with van der Waals surface area (Å²) >= 11 is 19.0. The van der Waals surface area contributed by atoms with Crippen LogP contribution in [-0.2, 0) is 9.59 Å². The fourth-order valence-electron chi connectivity index (χ4n) is 3.18. The number of hydrogen-bond acceptors (Lipinski definition) is 4. The molecule has 0 aliphatic carbocycles. The van der Waals surface area contributed by atoms with Crippen LogP contribution in [0.3, 0.4) is 0 Å². The Labute approximate surface area is 220 Å². The van der Waals surface area contributed by atoms with Gasteiger partial charge in [-0.15, -0.1) is 0 Å². The van der Waals surface area contributed by atoms with Gasteiger partial charge in [0.15, 0.2) is 5.17 Å². The van der Waals surface area contributed by atoms with Crippen molar-refractivity contribution in [2.75, 3.05) is 16.0 Å². The van der Waals surface area contributed by atoms with Gasteiger partial charge < -0.3 is 5.32 Å². The Hall–Kier alpha value is -2.84.